The molecule has 0 radical (unpaired) electrons. The molecule has 1 aliphatic heterocycles. The summed E-state index contributed by atoms with van der Waals surface area (Å²) in [5, 5.41) is 7.21. The van der Waals surface area contributed by atoms with Crippen LogP contribution >= 0.6 is 24.8 Å². The highest BCUT2D eigenvalue weighted by Crippen LogP contribution is 2.41. The summed E-state index contributed by atoms with van der Waals surface area (Å²) in [6.45, 7) is 2.36. The maximum absolute atomic E-state index is 3.80. The lowest BCUT2D eigenvalue weighted by Crippen LogP contribution is -2.41. The molecule has 2 nitrogen and oxygen atoms in total. The van der Waals surface area contributed by atoms with Crippen LogP contribution in [0.5, 0.6) is 0 Å². The molecule has 2 fully saturated rings. The first-order chi connectivity index (χ1) is 7.93. The fourth-order valence-corrected chi connectivity index (χ4v) is 2.74. The van der Waals surface area contributed by atoms with E-state index < -0.39 is 0 Å². The van der Waals surface area contributed by atoms with Crippen molar-refractivity contribution in [2.24, 2.45) is 0 Å². The number of hydrogen-bond acceptors (Lipinski definition) is 2. The molecule has 2 atom stereocenters. The van der Waals surface area contributed by atoms with Crippen molar-refractivity contribution in [2.45, 2.75) is 37.3 Å². The van der Waals surface area contributed by atoms with Crippen molar-refractivity contribution in [3.8, 4) is 0 Å². The van der Waals surface area contributed by atoms with Gasteiger partial charge in [0, 0.05) is 18.0 Å². The third-order valence-corrected chi connectivity index (χ3v) is 3.81. The van der Waals surface area contributed by atoms with Crippen molar-refractivity contribution in [3.05, 3.63) is 35.9 Å². The number of nitrogens with one attached hydrogen (secondary N) is 2. The van der Waals surface area contributed by atoms with Crippen LogP contribution in [0.3, 0.4) is 0 Å². The molecule has 1 aromatic rings. The molecule has 0 aromatic heterocycles. The topological polar surface area (TPSA) is 24.1 Å². The van der Waals surface area contributed by atoms with Crippen LogP contribution in [0.1, 0.15) is 30.7 Å². The molecule has 0 bridgehead atoms. The quantitative estimate of drug-likeness (QED) is 0.894. The maximum Gasteiger partial charge on any atom is 0.0145 e. The summed E-state index contributed by atoms with van der Waals surface area (Å²) in [6.07, 6.45) is 3.91. The average molecular weight is 289 g/mol. The SMILES string of the molecule is Cl.Cl.c1ccc([C@H]2C[C@@H]2NC2CCNCC2)cc1. The van der Waals surface area contributed by atoms with Crippen LogP contribution in [-0.2, 0) is 0 Å². The first-order valence-corrected chi connectivity index (χ1v) is 6.45. The van der Waals surface area contributed by atoms with Gasteiger partial charge in [0.05, 0.1) is 0 Å². The van der Waals surface area contributed by atoms with E-state index in [0.717, 1.165) is 18.0 Å². The molecule has 102 valence electrons. The summed E-state index contributed by atoms with van der Waals surface area (Å²) in [6, 6.07) is 12.4. The van der Waals surface area contributed by atoms with Gasteiger partial charge in [0.1, 0.15) is 0 Å². The van der Waals surface area contributed by atoms with E-state index in [9.17, 15) is 0 Å². The van der Waals surface area contributed by atoms with Gasteiger partial charge < -0.3 is 10.6 Å². The van der Waals surface area contributed by atoms with Crippen LogP contribution < -0.4 is 10.6 Å². The maximum atomic E-state index is 3.80. The molecule has 4 heteroatoms. The van der Waals surface area contributed by atoms with E-state index in [1.165, 1.54) is 37.9 Å². The molecular weight excluding hydrogens is 267 g/mol. The number of rotatable bonds is 3. The van der Waals surface area contributed by atoms with E-state index in [0.29, 0.717) is 0 Å². The second-order valence-corrected chi connectivity index (χ2v) is 5.05. The number of piperidine rings is 1. The van der Waals surface area contributed by atoms with E-state index in [2.05, 4.69) is 41.0 Å². The van der Waals surface area contributed by atoms with Crippen molar-refractivity contribution >= 4 is 24.8 Å². The Kier molecular flexibility index (Phi) is 6.44. The minimum atomic E-state index is 0. The van der Waals surface area contributed by atoms with Gasteiger partial charge in [-0.25, -0.2) is 0 Å². The zero-order valence-electron chi connectivity index (χ0n) is 10.5. The fraction of sp³-hybridized carbons (Fsp3) is 0.571. The highest BCUT2D eigenvalue weighted by atomic mass is 35.5. The van der Waals surface area contributed by atoms with Gasteiger partial charge in [-0.15, -0.1) is 24.8 Å². The largest absolute Gasteiger partial charge is 0.317 e. The Morgan fingerprint density at radius 3 is 2.33 bits per heavy atom. The molecule has 2 aliphatic rings. The molecule has 1 saturated heterocycles. The number of halogens is 2. The smallest absolute Gasteiger partial charge is 0.0145 e. The Balaban J connectivity index is 0.000000810. The van der Waals surface area contributed by atoms with Gasteiger partial charge in [-0.05, 0) is 37.9 Å². The van der Waals surface area contributed by atoms with E-state index in [4.69, 9.17) is 0 Å². The lowest BCUT2D eigenvalue weighted by molar-refractivity contribution is 0.383. The van der Waals surface area contributed by atoms with Crippen molar-refractivity contribution < 1.29 is 0 Å². The number of benzene rings is 1. The minimum absolute atomic E-state index is 0. The van der Waals surface area contributed by atoms with E-state index in [1.807, 2.05) is 0 Å². The van der Waals surface area contributed by atoms with Gasteiger partial charge in [0.2, 0.25) is 0 Å². The third-order valence-electron chi connectivity index (χ3n) is 3.81. The standard InChI is InChI=1S/C14H20N2.2ClH/c1-2-4-11(5-3-1)13-10-14(13)16-12-6-8-15-9-7-12;;/h1-5,12-16H,6-10H2;2*1H/t13-,14+;;/m1../s1. The van der Waals surface area contributed by atoms with Crippen LogP contribution in [0.2, 0.25) is 0 Å². The zero-order chi connectivity index (χ0) is 10.8. The molecule has 1 aliphatic carbocycles. The van der Waals surface area contributed by atoms with Crippen molar-refractivity contribution in [1.29, 1.82) is 0 Å². The Morgan fingerprint density at radius 2 is 1.67 bits per heavy atom. The van der Waals surface area contributed by atoms with Gasteiger partial charge in [0.15, 0.2) is 0 Å². The van der Waals surface area contributed by atoms with Crippen LogP contribution in [0.25, 0.3) is 0 Å². The predicted molar refractivity (Wildman–Crippen MR) is 81.1 cm³/mol. The Bertz CT molecular complexity index is 339. The monoisotopic (exact) mass is 288 g/mol. The normalized spacial score (nSPS) is 26.9. The van der Waals surface area contributed by atoms with Crippen LogP contribution in [-0.4, -0.2) is 25.2 Å². The van der Waals surface area contributed by atoms with Gasteiger partial charge in [-0.1, -0.05) is 30.3 Å². The molecule has 18 heavy (non-hydrogen) atoms. The lowest BCUT2D eigenvalue weighted by atomic mass is 10.1. The summed E-state index contributed by atoms with van der Waals surface area (Å²) in [7, 11) is 0. The highest BCUT2D eigenvalue weighted by Gasteiger charge is 2.39. The summed E-state index contributed by atoms with van der Waals surface area (Å²) in [5.74, 6) is 0.774. The molecule has 2 N–H and O–H groups in total. The minimum Gasteiger partial charge on any atom is -0.317 e. The Morgan fingerprint density at radius 1 is 1.00 bits per heavy atom. The first kappa shape index (κ1) is 15.8. The fourth-order valence-electron chi connectivity index (χ4n) is 2.74. The molecular formula is C14H22Cl2N2. The van der Waals surface area contributed by atoms with Crippen LogP contribution in [0.4, 0.5) is 0 Å². The molecule has 3 rings (SSSR count). The summed E-state index contributed by atoms with van der Waals surface area (Å²) < 4.78 is 0. The Hall–Kier alpha value is -0.280. The van der Waals surface area contributed by atoms with Gasteiger partial charge in [0.25, 0.3) is 0 Å². The summed E-state index contributed by atoms with van der Waals surface area (Å²) in [5.41, 5.74) is 1.51. The van der Waals surface area contributed by atoms with Crippen molar-refractivity contribution in [1.82, 2.24) is 10.6 Å². The highest BCUT2D eigenvalue weighted by molar-refractivity contribution is 5.85. The van der Waals surface area contributed by atoms with Crippen molar-refractivity contribution in [2.75, 3.05) is 13.1 Å². The van der Waals surface area contributed by atoms with Crippen LogP contribution in [0.15, 0.2) is 30.3 Å². The molecule has 1 saturated carbocycles. The molecule has 0 spiro atoms. The Labute approximate surface area is 122 Å². The predicted octanol–water partition coefficient (Wildman–Crippen LogP) is 2.73. The van der Waals surface area contributed by atoms with Gasteiger partial charge in [-0.3, -0.25) is 0 Å². The van der Waals surface area contributed by atoms with Crippen LogP contribution in [0, 0.1) is 0 Å². The molecule has 0 amide bonds. The van der Waals surface area contributed by atoms with E-state index in [-0.39, 0.29) is 24.8 Å². The lowest BCUT2D eigenvalue weighted by Gasteiger charge is -2.24. The summed E-state index contributed by atoms with van der Waals surface area (Å²) in [4.78, 5) is 0. The molecule has 1 aromatic carbocycles. The van der Waals surface area contributed by atoms with Crippen molar-refractivity contribution in [3.63, 3.8) is 0 Å². The average Bonchev–Trinajstić information content (AvgIpc) is 3.11. The second-order valence-electron chi connectivity index (χ2n) is 5.05. The van der Waals surface area contributed by atoms with Gasteiger partial charge >= 0.3 is 0 Å². The van der Waals surface area contributed by atoms with E-state index >= 15 is 0 Å². The first-order valence-electron chi connectivity index (χ1n) is 6.45. The second kappa shape index (κ2) is 7.34. The molecule has 0 unspecified atom stereocenters. The summed E-state index contributed by atoms with van der Waals surface area (Å²) >= 11 is 0. The van der Waals surface area contributed by atoms with E-state index in [1.54, 1.807) is 0 Å². The number of hydrogen-bond donors (Lipinski definition) is 2. The molecule has 1 heterocycles. The third kappa shape index (κ3) is 3.86. The van der Waals surface area contributed by atoms with Gasteiger partial charge in [-0.2, -0.15) is 0 Å². The zero-order valence-corrected chi connectivity index (χ0v) is 12.1.